The Morgan fingerprint density at radius 1 is 1.56 bits per heavy atom. The molecule has 1 heterocycles. The van der Waals surface area contributed by atoms with Crippen molar-refractivity contribution in [3.63, 3.8) is 0 Å². The standard InChI is InChI=1S/C13H21N3OS/c1-4-16(11-5-6-11)8-7-14-13-12(10(3)17)9(2)15-18-13/h11,14H,4-8H2,1-3H3. The Kier molecular flexibility index (Phi) is 4.35. The number of hydrogen-bond acceptors (Lipinski definition) is 5. The molecule has 1 saturated carbocycles. The Hall–Kier alpha value is -0.940. The van der Waals surface area contributed by atoms with Crippen molar-refractivity contribution >= 4 is 22.3 Å². The molecule has 4 nitrogen and oxygen atoms in total. The van der Waals surface area contributed by atoms with Crippen LogP contribution in [-0.2, 0) is 0 Å². The van der Waals surface area contributed by atoms with E-state index in [1.54, 1.807) is 6.92 Å². The number of nitrogens with zero attached hydrogens (tertiary/aromatic N) is 2. The minimum atomic E-state index is 0.0956. The summed E-state index contributed by atoms with van der Waals surface area (Å²) in [5.41, 5.74) is 1.60. The van der Waals surface area contributed by atoms with Crippen LogP contribution in [0.15, 0.2) is 0 Å². The Bertz CT molecular complexity index is 426. The SMILES string of the molecule is CCN(CCNc1snc(C)c1C(C)=O)C1CC1. The van der Waals surface area contributed by atoms with Crippen molar-refractivity contribution in [2.75, 3.05) is 25.0 Å². The number of carbonyl (C=O) groups is 1. The average molecular weight is 267 g/mol. The van der Waals surface area contributed by atoms with Crippen LogP contribution in [0.25, 0.3) is 0 Å². The molecule has 1 aliphatic rings. The first kappa shape index (κ1) is 13.5. The van der Waals surface area contributed by atoms with Gasteiger partial charge in [-0.05, 0) is 44.8 Å². The summed E-state index contributed by atoms with van der Waals surface area (Å²) < 4.78 is 4.25. The van der Waals surface area contributed by atoms with Gasteiger partial charge in [0, 0.05) is 19.1 Å². The molecule has 2 rings (SSSR count). The number of nitrogens with one attached hydrogen (secondary N) is 1. The van der Waals surface area contributed by atoms with E-state index in [9.17, 15) is 4.79 Å². The second-order valence-corrected chi connectivity index (χ2v) is 5.59. The van der Waals surface area contributed by atoms with E-state index in [1.165, 1.54) is 24.4 Å². The molecule has 0 unspecified atom stereocenters. The second-order valence-electron chi connectivity index (χ2n) is 4.81. The Balaban J connectivity index is 1.88. The summed E-state index contributed by atoms with van der Waals surface area (Å²) in [5.74, 6) is 0.0956. The van der Waals surface area contributed by atoms with Crippen LogP contribution in [0.2, 0.25) is 0 Å². The van der Waals surface area contributed by atoms with Crippen molar-refractivity contribution in [1.82, 2.24) is 9.27 Å². The number of aryl methyl sites for hydroxylation is 1. The van der Waals surface area contributed by atoms with Crippen LogP contribution >= 0.6 is 11.5 Å². The summed E-state index contributed by atoms with van der Waals surface area (Å²) in [6.45, 7) is 8.72. The molecule has 0 amide bonds. The van der Waals surface area contributed by atoms with Gasteiger partial charge in [0.15, 0.2) is 5.78 Å². The van der Waals surface area contributed by atoms with Crippen LogP contribution in [0.4, 0.5) is 5.00 Å². The Labute approximate surface area is 113 Å². The van der Waals surface area contributed by atoms with Gasteiger partial charge in [0.1, 0.15) is 5.00 Å². The van der Waals surface area contributed by atoms with Gasteiger partial charge in [0.2, 0.25) is 0 Å². The number of anilines is 1. The summed E-state index contributed by atoms with van der Waals surface area (Å²) in [4.78, 5) is 14.0. The fourth-order valence-electron chi connectivity index (χ4n) is 2.26. The Morgan fingerprint density at radius 3 is 2.83 bits per heavy atom. The largest absolute Gasteiger partial charge is 0.374 e. The molecule has 1 aromatic heterocycles. The van der Waals surface area contributed by atoms with E-state index in [0.717, 1.165) is 41.9 Å². The Morgan fingerprint density at radius 2 is 2.28 bits per heavy atom. The molecule has 18 heavy (non-hydrogen) atoms. The van der Waals surface area contributed by atoms with E-state index in [2.05, 4.69) is 21.5 Å². The molecule has 1 N–H and O–H groups in total. The summed E-state index contributed by atoms with van der Waals surface area (Å²) in [6, 6.07) is 0.798. The van der Waals surface area contributed by atoms with Crippen LogP contribution in [0, 0.1) is 6.92 Å². The third kappa shape index (κ3) is 3.09. The summed E-state index contributed by atoms with van der Waals surface area (Å²) in [5, 5.41) is 4.28. The first-order valence-corrected chi connectivity index (χ1v) is 7.36. The molecule has 0 aliphatic heterocycles. The predicted molar refractivity (Wildman–Crippen MR) is 75.6 cm³/mol. The van der Waals surface area contributed by atoms with Gasteiger partial charge in [0.25, 0.3) is 0 Å². The topological polar surface area (TPSA) is 45.2 Å². The molecule has 0 saturated heterocycles. The van der Waals surface area contributed by atoms with E-state index in [1.807, 2.05) is 6.92 Å². The summed E-state index contributed by atoms with van der Waals surface area (Å²) in [7, 11) is 0. The van der Waals surface area contributed by atoms with Crippen LogP contribution < -0.4 is 5.32 Å². The summed E-state index contributed by atoms with van der Waals surface area (Å²) >= 11 is 1.39. The van der Waals surface area contributed by atoms with E-state index >= 15 is 0 Å². The lowest BCUT2D eigenvalue weighted by molar-refractivity contribution is 0.101. The fraction of sp³-hybridized carbons (Fsp3) is 0.692. The first-order chi connectivity index (χ1) is 8.63. The molecule has 1 aliphatic carbocycles. The minimum Gasteiger partial charge on any atom is -0.374 e. The van der Waals surface area contributed by atoms with Gasteiger partial charge in [0.05, 0.1) is 11.3 Å². The molecule has 5 heteroatoms. The molecule has 0 bridgehead atoms. The smallest absolute Gasteiger partial charge is 0.164 e. The van der Waals surface area contributed by atoms with Gasteiger partial charge >= 0.3 is 0 Å². The molecular formula is C13H21N3OS. The lowest BCUT2D eigenvalue weighted by atomic mass is 10.2. The molecular weight excluding hydrogens is 246 g/mol. The van der Waals surface area contributed by atoms with E-state index in [-0.39, 0.29) is 5.78 Å². The maximum atomic E-state index is 11.5. The molecule has 0 radical (unpaired) electrons. The zero-order chi connectivity index (χ0) is 13.1. The third-order valence-electron chi connectivity index (χ3n) is 3.37. The molecule has 1 fully saturated rings. The third-order valence-corrected chi connectivity index (χ3v) is 4.26. The number of likely N-dealkylation sites (N-methyl/N-ethyl adjacent to an activating group) is 1. The quantitative estimate of drug-likeness (QED) is 0.771. The van der Waals surface area contributed by atoms with Crippen LogP contribution in [0.5, 0.6) is 0 Å². The van der Waals surface area contributed by atoms with Crippen molar-refractivity contribution < 1.29 is 4.79 Å². The number of rotatable bonds is 7. The maximum absolute atomic E-state index is 11.5. The first-order valence-electron chi connectivity index (χ1n) is 6.58. The van der Waals surface area contributed by atoms with Crippen LogP contribution in [0.3, 0.4) is 0 Å². The van der Waals surface area contributed by atoms with Gasteiger partial charge in [-0.1, -0.05) is 6.92 Å². The molecule has 0 spiro atoms. The van der Waals surface area contributed by atoms with Gasteiger partial charge in [-0.2, -0.15) is 4.37 Å². The highest BCUT2D eigenvalue weighted by Crippen LogP contribution is 2.27. The van der Waals surface area contributed by atoms with E-state index in [0.29, 0.717) is 0 Å². The lowest BCUT2D eigenvalue weighted by Crippen LogP contribution is -2.30. The van der Waals surface area contributed by atoms with Crippen LogP contribution in [-0.4, -0.2) is 40.7 Å². The molecule has 1 aromatic rings. The van der Waals surface area contributed by atoms with Gasteiger partial charge in [-0.3, -0.25) is 9.69 Å². The fourth-order valence-corrected chi connectivity index (χ4v) is 3.13. The van der Waals surface area contributed by atoms with Gasteiger partial charge in [-0.25, -0.2) is 0 Å². The highest BCUT2D eigenvalue weighted by atomic mass is 32.1. The van der Waals surface area contributed by atoms with Crippen molar-refractivity contribution in [1.29, 1.82) is 0 Å². The van der Waals surface area contributed by atoms with E-state index in [4.69, 9.17) is 0 Å². The van der Waals surface area contributed by atoms with Gasteiger partial charge in [-0.15, -0.1) is 0 Å². The van der Waals surface area contributed by atoms with E-state index < -0.39 is 0 Å². The zero-order valence-electron chi connectivity index (χ0n) is 11.3. The van der Waals surface area contributed by atoms with Crippen LogP contribution in [0.1, 0.15) is 42.7 Å². The van der Waals surface area contributed by atoms with Crippen molar-refractivity contribution in [3.8, 4) is 0 Å². The highest BCUT2D eigenvalue weighted by molar-refractivity contribution is 7.10. The number of ketones is 1. The number of carbonyl (C=O) groups excluding carboxylic acids is 1. The second kappa shape index (κ2) is 5.80. The summed E-state index contributed by atoms with van der Waals surface area (Å²) in [6.07, 6.45) is 2.68. The van der Waals surface area contributed by atoms with Crippen molar-refractivity contribution in [3.05, 3.63) is 11.3 Å². The number of hydrogen-bond donors (Lipinski definition) is 1. The number of Topliss-reactive ketones (excluding diaryl/α,β-unsaturated/α-hetero) is 1. The molecule has 100 valence electrons. The predicted octanol–water partition coefficient (Wildman–Crippen LogP) is 2.55. The zero-order valence-corrected chi connectivity index (χ0v) is 12.1. The average Bonchev–Trinajstić information content (AvgIpc) is 3.09. The lowest BCUT2D eigenvalue weighted by Gasteiger charge is -2.19. The van der Waals surface area contributed by atoms with Crippen molar-refractivity contribution in [2.45, 2.75) is 39.7 Å². The highest BCUT2D eigenvalue weighted by Gasteiger charge is 2.27. The normalized spacial score (nSPS) is 15.1. The minimum absolute atomic E-state index is 0.0956. The number of aromatic nitrogens is 1. The van der Waals surface area contributed by atoms with Gasteiger partial charge < -0.3 is 5.32 Å². The monoisotopic (exact) mass is 267 g/mol. The molecule has 0 atom stereocenters. The maximum Gasteiger partial charge on any atom is 0.164 e. The van der Waals surface area contributed by atoms with Crippen molar-refractivity contribution in [2.24, 2.45) is 0 Å². The molecule has 0 aromatic carbocycles.